The van der Waals surface area contributed by atoms with E-state index in [1.165, 1.54) is 21.3 Å². The van der Waals surface area contributed by atoms with Gasteiger partial charge < -0.3 is 23.7 Å². The van der Waals surface area contributed by atoms with Gasteiger partial charge in [-0.05, 0) is 48.9 Å². The van der Waals surface area contributed by atoms with Crippen LogP contribution in [0, 0.1) is 0 Å². The van der Waals surface area contributed by atoms with Crippen molar-refractivity contribution in [1.82, 2.24) is 0 Å². The molecule has 28 heavy (non-hydrogen) atoms. The number of Topliss-reactive ketones (excluding diaryl/α,β-unsaturated/α-hetero) is 1. The number of carbonyl (C=O) groups excluding carboxylic acids is 2. The molecule has 0 amide bonds. The van der Waals surface area contributed by atoms with Crippen LogP contribution >= 0.6 is 0 Å². The van der Waals surface area contributed by atoms with E-state index in [0.717, 1.165) is 0 Å². The third-order valence-electron chi connectivity index (χ3n) is 4.12. The van der Waals surface area contributed by atoms with Crippen molar-refractivity contribution in [2.75, 3.05) is 28.4 Å². The summed E-state index contributed by atoms with van der Waals surface area (Å²) in [5.74, 6) is 1.12. The molecule has 0 N–H and O–H groups in total. The Morgan fingerprint density at radius 2 is 1.43 bits per heavy atom. The predicted molar refractivity (Wildman–Crippen MR) is 103 cm³/mol. The normalized spacial score (nSPS) is 11.3. The highest BCUT2D eigenvalue weighted by atomic mass is 16.5. The molecule has 0 saturated carbocycles. The fraction of sp³-hybridized carbons (Fsp3) is 0.333. The van der Waals surface area contributed by atoms with Crippen LogP contribution in [0.1, 0.15) is 22.8 Å². The molecule has 0 radical (unpaired) electrons. The summed E-state index contributed by atoms with van der Waals surface area (Å²) >= 11 is 0. The van der Waals surface area contributed by atoms with Crippen molar-refractivity contribution < 1.29 is 33.3 Å². The minimum absolute atomic E-state index is 0.0447. The Bertz CT molecular complexity index is 802. The molecule has 0 saturated heterocycles. The van der Waals surface area contributed by atoms with Crippen LogP contribution in [-0.2, 0) is 16.0 Å². The molecule has 150 valence electrons. The lowest BCUT2D eigenvalue weighted by molar-refractivity contribution is -0.145. The van der Waals surface area contributed by atoms with Crippen molar-refractivity contribution in [3.8, 4) is 23.0 Å². The molecule has 0 aliphatic heterocycles. The quantitative estimate of drug-likeness (QED) is 0.482. The van der Waals surface area contributed by atoms with Gasteiger partial charge in [-0.1, -0.05) is 0 Å². The molecule has 0 unspecified atom stereocenters. The topological polar surface area (TPSA) is 80.3 Å². The van der Waals surface area contributed by atoms with Gasteiger partial charge in [-0.2, -0.15) is 0 Å². The SMILES string of the molecule is COc1ccc(C(=O)[C@H](C)OC(=O)Cc2cc(OC)c(OC)c(OC)c2)cc1. The van der Waals surface area contributed by atoms with Gasteiger partial charge in [-0.25, -0.2) is 0 Å². The molecule has 0 aromatic heterocycles. The molecule has 0 aliphatic rings. The fourth-order valence-electron chi connectivity index (χ4n) is 2.69. The van der Waals surface area contributed by atoms with Gasteiger partial charge in [0.05, 0.1) is 34.9 Å². The molecule has 1 atom stereocenters. The molecule has 7 nitrogen and oxygen atoms in total. The number of methoxy groups -OCH3 is 4. The third kappa shape index (κ3) is 4.94. The number of hydrogen-bond donors (Lipinski definition) is 0. The summed E-state index contributed by atoms with van der Waals surface area (Å²) in [6.45, 7) is 1.54. The molecule has 2 rings (SSSR count). The Labute approximate surface area is 164 Å². The number of hydrogen-bond acceptors (Lipinski definition) is 7. The Balaban J connectivity index is 2.07. The third-order valence-corrected chi connectivity index (χ3v) is 4.12. The van der Waals surface area contributed by atoms with E-state index in [1.54, 1.807) is 50.4 Å². The Kier molecular flexibility index (Phi) is 7.26. The number of carbonyl (C=O) groups is 2. The van der Waals surface area contributed by atoms with Crippen LogP contribution in [0.15, 0.2) is 36.4 Å². The van der Waals surface area contributed by atoms with Crippen LogP contribution in [0.5, 0.6) is 23.0 Å². The first-order valence-electron chi connectivity index (χ1n) is 8.60. The molecule has 0 heterocycles. The van der Waals surface area contributed by atoms with Crippen LogP contribution in [0.4, 0.5) is 0 Å². The summed E-state index contributed by atoms with van der Waals surface area (Å²) in [7, 11) is 6.04. The Hall–Kier alpha value is -3.22. The number of benzene rings is 2. The number of rotatable bonds is 9. The van der Waals surface area contributed by atoms with Crippen LogP contribution in [0.3, 0.4) is 0 Å². The average Bonchev–Trinajstić information content (AvgIpc) is 2.72. The van der Waals surface area contributed by atoms with E-state index in [9.17, 15) is 9.59 Å². The van der Waals surface area contributed by atoms with Crippen molar-refractivity contribution >= 4 is 11.8 Å². The first-order valence-corrected chi connectivity index (χ1v) is 8.60. The molecule has 0 fully saturated rings. The summed E-state index contributed by atoms with van der Waals surface area (Å²) in [5, 5.41) is 0. The highest BCUT2D eigenvalue weighted by molar-refractivity contribution is 6.00. The standard InChI is InChI=1S/C21H24O7/c1-13(20(23)15-6-8-16(24-2)9-7-15)28-19(22)12-14-10-17(25-3)21(27-5)18(11-14)26-4/h6-11,13H,12H2,1-5H3/t13-/m0/s1. The lowest BCUT2D eigenvalue weighted by Gasteiger charge is -2.15. The van der Waals surface area contributed by atoms with E-state index >= 15 is 0 Å². The van der Waals surface area contributed by atoms with Gasteiger partial charge in [0.25, 0.3) is 0 Å². The van der Waals surface area contributed by atoms with Crippen molar-refractivity contribution in [3.63, 3.8) is 0 Å². The van der Waals surface area contributed by atoms with E-state index in [-0.39, 0.29) is 12.2 Å². The van der Waals surface area contributed by atoms with Gasteiger partial charge in [0.1, 0.15) is 5.75 Å². The van der Waals surface area contributed by atoms with Gasteiger partial charge in [-0.3, -0.25) is 9.59 Å². The molecular formula is C21H24O7. The second-order valence-electron chi connectivity index (χ2n) is 5.94. The molecule has 2 aromatic rings. The van der Waals surface area contributed by atoms with Crippen molar-refractivity contribution in [1.29, 1.82) is 0 Å². The first kappa shape index (κ1) is 21.1. The largest absolute Gasteiger partial charge is 0.497 e. The van der Waals surface area contributed by atoms with Gasteiger partial charge in [0.15, 0.2) is 17.6 Å². The van der Waals surface area contributed by atoms with Crippen LogP contribution in [-0.4, -0.2) is 46.3 Å². The van der Waals surface area contributed by atoms with Gasteiger partial charge in [0.2, 0.25) is 11.5 Å². The Morgan fingerprint density at radius 1 is 0.857 bits per heavy atom. The van der Waals surface area contributed by atoms with E-state index in [2.05, 4.69) is 0 Å². The molecule has 0 aliphatic carbocycles. The van der Waals surface area contributed by atoms with E-state index < -0.39 is 12.1 Å². The second-order valence-corrected chi connectivity index (χ2v) is 5.94. The van der Waals surface area contributed by atoms with E-state index in [0.29, 0.717) is 34.1 Å². The maximum absolute atomic E-state index is 12.4. The van der Waals surface area contributed by atoms with Crippen molar-refractivity contribution in [2.45, 2.75) is 19.4 Å². The maximum Gasteiger partial charge on any atom is 0.310 e. The minimum Gasteiger partial charge on any atom is -0.497 e. The zero-order valence-corrected chi connectivity index (χ0v) is 16.6. The van der Waals surface area contributed by atoms with Crippen LogP contribution < -0.4 is 18.9 Å². The summed E-state index contributed by atoms with van der Waals surface area (Å²) in [6, 6.07) is 9.95. The fourth-order valence-corrected chi connectivity index (χ4v) is 2.69. The predicted octanol–water partition coefficient (Wildman–Crippen LogP) is 3.08. The first-order chi connectivity index (χ1) is 13.4. The highest BCUT2D eigenvalue weighted by Gasteiger charge is 2.21. The van der Waals surface area contributed by atoms with Gasteiger partial charge >= 0.3 is 5.97 Å². The highest BCUT2D eigenvalue weighted by Crippen LogP contribution is 2.38. The Morgan fingerprint density at radius 3 is 1.89 bits per heavy atom. The minimum atomic E-state index is -0.914. The van der Waals surface area contributed by atoms with E-state index in [4.69, 9.17) is 23.7 Å². The average molecular weight is 388 g/mol. The molecule has 7 heteroatoms. The number of esters is 1. The summed E-state index contributed by atoms with van der Waals surface area (Å²) < 4.78 is 26.2. The summed E-state index contributed by atoms with van der Waals surface area (Å²) in [4.78, 5) is 24.7. The van der Waals surface area contributed by atoms with Crippen molar-refractivity contribution in [2.24, 2.45) is 0 Å². The van der Waals surface area contributed by atoms with Gasteiger partial charge in [0, 0.05) is 5.56 Å². The maximum atomic E-state index is 12.4. The van der Waals surface area contributed by atoms with Crippen LogP contribution in [0.25, 0.3) is 0 Å². The zero-order valence-electron chi connectivity index (χ0n) is 16.6. The zero-order chi connectivity index (χ0) is 20.7. The smallest absolute Gasteiger partial charge is 0.310 e. The molecule has 0 bridgehead atoms. The number of ketones is 1. The second kappa shape index (κ2) is 9.64. The van der Waals surface area contributed by atoms with Crippen molar-refractivity contribution in [3.05, 3.63) is 47.5 Å². The summed E-state index contributed by atoms with van der Waals surface area (Å²) in [6.07, 6.45) is -0.959. The van der Waals surface area contributed by atoms with E-state index in [1.807, 2.05) is 0 Å². The summed E-state index contributed by atoms with van der Waals surface area (Å²) in [5.41, 5.74) is 1.05. The monoisotopic (exact) mass is 388 g/mol. The lowest BCUT2D eigenvalue weighted by atomic mass is 10.1. The molecular weight excluding hydrogens is 364 g/mol. The molecule has 0 spiro atoms. The molecule has 2 aromatic carbocycles. The number of ether oxygens (including phenoxy) is 5. The van der Waals surface area contributed by atoms with Gasteiger partial charge in [-0.15, -0.1) is 0 Å². The lowest BCUT2D eigenvalue weighted by Crippen LogP contribution is -2.25. The van der Waals surface area contributed by atoms with Crippen LogP contribution in [0.2, 0.25) is 0 Å².